The molecule has 1 aromatic carbocycles. The number of hydrogen-bond donors (Lipinski definition) is 0. The topological polar surface area (TPSA) is 25.8 Å². The molecule has 0 N–H and O–H groups in total. The fourth-order valence-electron chi connectivity index (χ4n) is 4.23. The van der Waals surface area contributed by atoms with Crippen LogP contribution in [0.15, 0.2) is 6.33 Å². The fourth-order valence-corrected chi connectivity index (χ4v) is 5.84. The third-order valence-electron chi connectivity index (χ3n) is 5.56. The van der Waals surface area contributed by atoms with E-state index < -0.39 is 0 Å². The van der Waals surface area contributed by atoms with E-state index in [1.807, 2.05) is 6.92 Å². The first-order chi connectivity index (χ1) is 11.1. The van der Waals surface area contributed by atoms with E-state index in [2.05, 4.69) is 37.7 Å². The van der Waals surface area contributed by atoms with Crippen LogP contribution in [0.2, 0.25) is 5.15 Å². The number of benzene rings is 1. The largest absolute Gasteiger partial charge is 0.235 e. The molecule has 1 aliphatic rings. The Balaban J connectivity index is 2.31. The van der Waals surface area contributed by atoms with E-state index in [-0.39, 0.29) is 16.6 Å². The summed E-state index contributed by atoms with van der Waals surface area (Å²) in [6.07, 6.45) is 3.56. The molecule has 0 radical (unpaired) electrons. The van der Waals surface area contributed by atoms with Crippen LogP contribution in [-0.4, -0.2) is 9.97 Å². The van der Waals surface area contributed by atoms with Gasteiger partial charge in [0.25, 0.3) is 0 Å². The first kappa shape index (κ1) is 16.2. The smallest absolute Gasteiger partial charge is 0.150 e. The average Bonchev–Trinajstić information content (AvgIpc) is 2.88. The first-order valence-corrected chi connectivity index (χ1v) is 9.40. The van der Waals surface area contributed by atoms with Gasteiger partial charge in [0.2, 0.25) is 0 Å². The van der Waals surface area contributed by atoms with Crippen LogP contribution in [-0.2, 0) is 10.8 Å². The maximum Gasteiger partial charge on any atom is 0.150 e. The summed E-state index contributed by atoms with van der Waals surface area (Å²) in [6.45, 7) is 10.9. The molecule has 0 saturated heterocycles. The van der Waals surface area contributed by atoms with Gasteiger partial charge in [0.15, 0.2) is 0 Å². The fraction of sp³-hybridized carbons (Fsp3) is 0.474. The van der Waals surface area contributed by atoms with Crippen LogP contribution in [0.1, 0.15) is 57.2 Å². The summed E-state index contributed by atoms with van der Waals surface area (Å²) >= 11 is 7.80. The van der Waals surface area contributed by atoms with Gasteiger partial charge in [-0.2, -0.15) is 0 Å². The number of aromatic nitrogens is 2. The predicted octanol–water partition coefficient (Wildman–Crippen LogP) is 6.29. The summed E-state index contributed by atoms with van der Waals surface area (Å²) in [6, 6.07) is 0. The van der Waals surface area contributed by atoms with Gasteiger partial charge in [-0.1, -0.05) is 39.3 Å². The summed E-state index contributed by atoms with van der Waals surface area (Å²) in [7, 11) is 0. The van der Waals surface area contributed by atoms with Gasteiger partial charge in [-0.25, -0.2) is 14.4 Å². The van der Waals surface area contributed by atoms with E-state index in [4.69, 9.17) is 11.6 Å². The van der Waals surface area contributed by atoms with Crippen molar-refractivity contribution in [2.75, 3.05) is 0 Å². The van der Waals surface area contributed by atoms with E-state index in [1.165, 1.54) is 28.8 Å². The van der Waals surface area contributed by atoms with E-state index in [0.717, 1.165) is 27.8 Å². The maximum absolute atomic E-state index is 15.4. The molecule has 1 aliphatic carbocycles. The lowest BCUT2D eigenvalue weighted by Gasteiger charge is -2.43. The Morgan fingerprint density at radius 2 is 1.67 bits per heavy atom. The molecule has 2 nitrogen and oxygen atoms in total. The summed E-state index contributed by atoms with van der Waals surface area (Å²) in [5.74, 6) is -0.157. The van der Waals surface area contributed by atoms with Gasteiger partial charge in [0.1, 0.15) is 17.3 Å². The molecule has 0 atom stereocenters. The molecule has 0 spiro atoms. The lowest BCUT2D eigenvalue weighted by atomic mass is 9.62. The lowest BCUT2D eigenvalue weighted by Crippen LogP contribution is -2.35. The molecule has 3 aromatic rings. The van der Waals surface area contributed by atoms with E-state index in [1.54, 1.807) is 0 Å². The third-order valence-corrected chi connectivity index (χ3v) is 7.16. The molecule has 0 unspecified atom stereocenters. The summed E-state index contributed by atoms with van der Waals surface area (Å²) in [5.41, 5.74) is 3.80. The highest BCUT2D eigenvalue weighted by molar-refractivity contribution is 7.26. The van der Waals surface area contributed by atoms with Crippen molar-refractivity contribution in [3.63, 3.8) is 0 Å². The van der Waals surface area contributed by atoms with Crippen molar-refractivity contribution in [3.8, 4) is 0 Å². The average molecular weight is 363 g/mol. The SMILES string of the molecule is Cc1c2c(c3sc4c(Cl)ncnc4c3c1F)C(C)(C)CCC2(C)C. The van der Waals surface area contributed by atoms with Crippen LogP contribution < -0.4 is 0 Å². The van der Waals surface area contributed by atoms with Gasteiger partial charge in [-0.15, -0.1) is 11.3 Å². The second-order valence-electron chi connectivity index (χ2n) is 8.11. The van der Waals surface area contributed by atoms with Crippen molar-refractivity contribution >= 4 is 43.2 Å². The van der Waals surface area contributed by atoms with Crippen LogP contribution in [0.25, 0.3) is 20.3 Å². The molecule has 2 heterocycles. The quantitative estimate of drug-likeness (QED) is 0.439. The first-order valence-electron chi connectivity index (χ1n) is 8.21. The Morgan fingerprint density at radius 3 is 2.33 bits per heavy atom. The standard InChI is InChI=1S/C19H20ClFN2S/c1-9-11-12(19(4,5)7-6-18(11,2)3)15-10(13(9)21)14-16(24-15)17(20)23-8-22-14/h8H,6-7H2,1-5H3. The molecule has 0 fully saturated rings. The third kappa shape index (κ3) is 1.99. The van der Waals surface area contributed by atoms with Crippen LogP contribution in [0, 0.1) is 12.7 Å². The van der Waals surface area contributed by atoms with E-state index in [0.29, 0.717) is 16.1 Å². The second kappa shape index (κ2) is 4.89. The zero-order valence-electron chi connectivity index (χ0n) is 14.6. The number of halogens is 2. The van der Waals surface area contributed by atoms with Gasteiger partial charge in [0.05, 0.1) is 15.6 Å². The van der Waals surface area contributed by atoms with Crippen LogP contribution in [0.5, 0.6) is 0 Å². The van der Waals surface area contributed by atoms with Crippen molar-refractivity contribution in [2.24, 2.45) is 0 Å². The lowest BCUT2D eigenvalue weighted by molar-refractivity contribution is 0.332. The van der Waals surface area contributed by atoms with Gasteiger partial charge in [-0.05, 0) is 47.3 Å². The number of rotatable bonds is 0. The Kier molecular flexibility index (Phi) is 3.30. The molecule has 0 aliphatic heterocycles. The molecule has 126 valence electrons. The van der Waals surface area contributed by atoms with Gasteiger partial charge >= 0.3 is 0 Å². The highest BCUT2D eigenvalue weighted by atomic mass is 35.5. The van der Waals surface area contributed by atoms with Crippen molar-refractivity contribution < 1.29 is 4.39 Å². The number of fused-ring (bicyclic) bond motifs is 5. The molecule has 24 heavy (non-hydrogen) atoms. The Bertz CT molecular complexity index is 1000. The van der Waals surface area contributed by atoms with E-state index >= 15 is 4.39 Å². The van der Waals surface area contributed by atoms with Crippen molar-refractivity contribution in [1.29, 1.82) is 0 Å². The normalized spacial score (nSPS) is 19.0. The zero-order chi connectivity index (χ0) is 17.4. The minimum absolute atomic E-state index is 0.00233. The second-order valence-corrected chi connectivity index (χ2v) is 9.48. The highest BCUT2D eigenvalue weighted by Crippen LogP contribution is 2.53. The van der Waals surface area contributed by atoms with Crippen LogP contribution in [0.3, 0.4) is 0 Å². The van der Waals surface area contributed by atoms with Crippen molar-refractivity contribution in [1.82, 2.24) is 9.97 Å². The molecule has 0 amide bonds. The Labute approximate surface area is 150 Å². The van der Waals surface area contributed by atoms with Crippen molar-refractivity contribution in [2.45, 2.75) is 58.3 Å². The van der Waals surface area contributed by atoms with Crippen molar-refractivity contribution in [3.05, 3.63) is 34.0 Å². The van der Waals surface area contributed by atoms with Gasteiger partial charge < -0.3 is 0 Å². The molecule has 4 rings (SSSR count). The number of hydrogen-bond acceptors (Lipinski definition) is 3. The molecule has 0 bridgehead atoms. The minimum atomic E-state index is -0.157. The molecule has 2 aromatic heterocycles. The van der Waals surface area contributed by atoms with E-state index in [9.17, 15) is 0 Å². The minimum Gasteiger partial charge on any atom is -0.235 e. The number of thiophene rings is 1. The summed E-state index contributed by atoms with van der Waals surface area (Å²) in [5, 5.41) is 1.02. The Hall–Kier alpha value is -1.26. The molecule has 5 heteroatoms. The van der Waals surface area contributed by atoms with Gasteiger partial charge in [0, 0.05) is 4.70 Å². The highest BCUT2D eigenvalue weighted by Gasteiger charge is 2.41. The Morgan fingerprint density at radius 1 is 1.04 bits per heavy atom. The molecule has 0 saturated carbocycles. The van der Waals surface area contributed by atoms with Crippen LogP contribution >= 0.6 is 22.9 Å². The summed E-state index contributed by atoms with van der Waals surface area (Å²) in [4.78, 5) is 8.41. The predicted molar refractivity (Wildman–Crippen MR) is 99.9 cm³/mol. The summed E-state index contributed by atoms with van der Waals surface area (Å²) < 4.78 is 17.1. The number of nitrogens with zero attached hydrogens (tertiary/aromatic N) is 2. The van der Waals surface area contributed by atoms with Crippen LogP contribution in [0.4, 0.5) is 4.39 Å². The maximum atomic E-state index is 15.4. The van der Waals surface area contributed by atoms with Gasteiger partial charge in [-0.3, -0.25) is 0 Å². The molecular formula is C19H20ClFN2S. The molecular weight excluding hydrogens is 343 g/mol. The monoisotopic (exact) mass is 362 g/mol. The zero-order valence-corrected chi connectivity index (χ0v) is 16.1.